The van der Waals surface area contributed by atoms with E-state index in [2.05, 4.69) is 5.32 Å². The van der Waals surface area contributed by atoms with Crippen molar-refractivity contribution in [2.45, 2.75) is 13.5 Å². The van der Waals surface area contributed by atoms with E-state index in [0.717, 1.165) is 5.56 Å². The van der Waals surface area contributed by atoms with Crippen LogP contribution in [0.4, 0.5) is 5.69 Å². The third-order valence-corrected chi connectivity index (χ3v) is 3.59. The second kappa shape index (κ2) is 8.71. The lowest BCUT2D eigenvalue weighted by molar-refractivity contribution is 0.101. The summed E-state index contributed by atoms with van der Waals surface area (Å²) in [5.41, 5.74) is -0.0143. The fourth-order valence-corrected chi connectivity index (χ4v) is 2.24. The Morgan fingerprint density at radius 1 is 1.07 bits per heavy atom. The molecule has 0 heterocycles. The smallest absolute Gasteiger partial charge is 0.163 e. The first-order valence-electron chi connectivity index (χ1n) is 7.77. The number of rotatable bonds is 6. The predicted molar refractivity (Wildman–Crippen MR) is 96.4 cm³/mol. The van der Waals surface area contributed by atoms with Crippen molar-refractivity contribution in [3.63, 3.8) is 0 Å². The molecule has 0 aromatic heterocycles. The quantitative estimate of drug-likeness (QED) is 0.459. The van der Waals surface area contributed by atoms with Gasteiger partial charge in [0.25, 0.3) is 0 Å². The molecule has 0 spiro atoms. The molecule has 7 nitrogen and oxygen atoms in total. The van der Waals surface area contributed by atoms with Crippen LogP contribution in [0.5, 0.6) is 11.5 Å². The van der Waals surface area contributed by atoms with Gasteiger partial charge in [-0.05, 0) is 24.6 Å². The number of ether oxygens (including phenoxy) is 1. The SMILES string of the molecule is CC(=O)c1ccc(OCc2ccccc2)c(NC(C#N)=C(C#N)C#N)c1O. The van der Waals surface area contributed by atoms with Crippen LogP contribution < -0.4 is 10.1 Å². The van der Waals surface area contributed by atoms with Crippen molar-refractivity contribution in [3.05, 3.63) is 64.9 Å². The van der Waals surface area contributed by atoms with Gasteiger partial charge in [-0.2, -0.15) is 15.8 Å². The number of benzene rings is 2. The minimum Gasteiger partial charge on any atom is -0.505 e. The molecule has 0 radical (unpaired) electrons. The second-order valence-corrected chi connectivity index (χ2v) is 5.38. The van der Waals surface area contributed by atoms with Gasteiger partial charge in [-0.15, -0.1) is 0 Å². The highest BCUT2D eigenvalue weighted by atomic mass is 16.5. The molecular formula is C20H14N4O3. The number of anilines is 1. The lowest BCUT2D eigenvalue weighted by Gasteiger charge is -2.16. The zero-order valence-corrected chi connectivity index (χ0v) is 14.4. The molecule has 0 saturated heterocycles. The van der Waals surface area contributed by atoms with E-state index in [4.69, 9.17) is 15.3 Å². The van der Waals surface area contributed by atoms with Crippen LogP contribution in [0.2, 0.25) is 0 Å². The van der Waals surface area contributed by atoms with Gasteiger partial charge in [-0.25, -0.2) is 0 Å². The molecule has 2 rings (SSSR count). The molecule has 2 aromatic rings. The van der Waals surface area contributed by atoms with Crippen molar-refractivity contribution >= 4 is 11.5 Å². The molecule has 0 amide bonds. The Kier molecular flexibility index (Phi) is 6.15. The van der Waals surface area contributed by atoms with Gasteiger partial charge in [0, 0.05) is 0 Å². The van der Waals surface area contributed by atoms with Crippen LogP contribution in [0.25, 0.3) is 0 Å². The normalized spacial score (nSPS) is 9.26. The van der Waals surface area contributed by atoms with Crippen LogP contribution in [-0.4, -0.2) is 10.9 Å². The van der Waals surface area contributed by atoms with Crippen LogP contribution in [0.3, 0.4) is 0 Å². The molecule has 0 aliphatic heterocycles. The summed E-state index contributed by atoms with van der Waals surface area (Å²) < 4.78 is 5.70. The van der Waals surface area contributed by atoms with Crippen molar-refractivity contribution in [3.8, 4) is 29.7 Å². The fourth-order valence-electron chi connectivity index (χ4n) is 2.24. The highest BCUT2D eigenvalue weighted by molar-refractivity contribution is 5.99. The van der Waals surface area contributed by atoms with Gasteiger partial charge < -0.3 is 15.2 Å². The van der Waals surface area contributed by atoms with Crippen LogP contribution in [0, 0.1) is 34.0 Å². The average molecular weight is 358 g/mol. The van der Waals surface area contributed by atoms with E-state index in [9.17, 15) is 15.2 Å². The van der Waals surface area contributed by atoms with Crippen LogP contribution >= 0.6 is 0 Å². The Labute approximate surface area is 156 Å². The maximum atomic E-state index is 11.7. The van der Waals surface area contributed by atoms with Crippen molar-refractivity contribution in [2.24, 2.45) is 0 Å². The van der Waals surface area contributed by atoms with Gasteiger partial charge in [0.15, 0.2) is 17.1 Å². The molecule has 7 heteroatoms. The number of nitrogens with one attached hydrogen (secondary N) is 1. The fraction of sp³-hybridized carbons (Fsp3) is 0.100. The number of phenols is 1. The number of ketones is 1. The largest absolute Gasteiger partial charge is 0.505 e. The monoisotopic (exact) mass is 358 g/mol. The molecule has 0 bridgehead atoms. The van der Waals surface area contributed by atoms with Crippen molar-refractivity contribution < 1.29 is 14.6 Å². The molecule has 0 fully saturated rings. The van der Waals surface area contributed by atoms with Crippen LogP contribution in [0.15, 0.2) is 53.7 Å². The number of allylic oxidation sites excluding steroid dienone is 2. The summed E-state index contributed by atoms with van der Waals surface area (Å²) >= 11 is 0. The van der Waals surface area contributed by atoms with E-state index < -0.39 is 17.1 Å². The highest BCUT2D eigenvalue weighted by Crippen LogP contribution is 2.38. The Morgan fingerprint density at radius 2 is 1.74 bits per heavy atom. The lowest BCUT2D eigenvalue weighted by atomic mass is 10.1. The topological polar surface area (TPSA) is 130 Å². The Balaban J connectivity index is 2.48. The number of Topliss-reactive ketones (excluding diaryl/α,β-unsaturated/α-hetero) is 1. The third-order valence-electron chi connectivity index (χ3n) is 3.59. The average Bonchev–Trinajstić information content (AvgIpc) is 2.68. The number of carbonyl (C=O) groups is 1. The summed E-state index contributed by atoms with van der Waals surface area (Å²) in [5, 5.41) is 40.2. The van der Waals surface area contributed by atoms with Gasteiger partial charge in [-0.1, -0.05) is 30.3 Å². The Morgan fingerprint density at radius 3 is 2.30 bits per heavy atom. The Hall–Kier alpha value is -4.28. The number of phenolic OH excluding ortho intramolecular Hbond substituents is 1. The van der Waals surface area contributed by atoms with E-state index >= 15 is 0 Å². The molecule has 0 aliphatic carbocycles. The number of carbonyl (C=O) groups excluding carboxylic acids is 1. The summed E-state index contributed by atoms with van der Waals surface area (Å²) in [5.74, 6) is -0.672. The molecule has 132 valence electrons. The maximum Gasteiger partial charge on any atom is 0.163 e. The van der Waals surface area contributed by atoms with Gasteiger partial charge >= 0.3 is 0 Å². The predicted octanol–water partition coefficient (Wildman–Crippen LogP) is 3.41. The number of nitriles is 3. The first-order chi connectivity index (χ1) is 13.0. The zero-order valence-electron chi connectivity index (χ0n) is 14.4. The standard InChI is InChI=1S/C20H14N4O3/c1-13(25)16-7-8-18(27-12-14-5-3-2-4-6-14)19(20(16)26)24-17(11-23)15(9-21)10-22/h2-8,24,26H,12H2,1H3. The van der Waals surface area contributed by atoms with Gasteiger partial charge in [-0.3, -0.25) is 4.79 Å². The summed E-state index contributed by atoms with van der Waals surface area (Å²) in [6.45, 7) is 1.45. The van der Waals surface area contributed by atoms with Crippen molar-refractivity contribution in [1.29, 1.82) is 15.8 Å². The molecule has 2 N–H and O–H groups in total. The summed E-state index contributed by atoms with van der Waals surface area (Å²) in [6.07, 6.45) is 0. The first-order valence-corrected chi connectivity index (χ1v) is 7.77. The number of hydrogen-bond acceptors (Lipinski definition) is 7. The Bertz CT molecular complexity index is 1010. The molecule has 0 unspecified atom stereocenters. The molecule has 0 aliphatic rings. The second-order valence-electron chi connectivity index (χ2n) is 5.38. The van der Waals surface area contributed by atoms with E-state index in [1.54, 1.807) is 18.2 Å². The minimum atomic E-state index is -0.459. The summed E-state index contributed by atoms with van der Waals surface area (Å²) in [4.78, 5) is 11.7. The third kappa shape index (κ3) is 4.42. The maximum absolute atomic E-state index is 11.7. The van der Waals surface area contributed by atoms with Crippen molar-refractivity contribution in [2.75, 3.05) is 5.32 Å². The van der Waals surface area contributed by atoms with E-state index in [-0.39, 0.29) is 29.3 Å². The number of nitrogens with zero attached hydrogens (tertiary/aromatic N) is 3. The number of aromatic hydroxyl groups is 1. The lowest BCUT2D eigenvalue weighted by Crippen LogP contribution is -2.06. The molecule has 27 heavy (non-hydrogen) atoms. The minimum absolute atomic E-state index is 0.0114. The van der Waals surface area contributed by atoms with E-state index in [0.29, 0.717) is 0 Å². The van der Waals surface area contributed by atoms with Crippen molar-refractivity contribution in [1.82, 2.24) is 0 Å². The molecule has 0 atom stereocenters. The summed E-state index contributed by atoms with van der Waals surface area (Å²) in [6, 6.07) is 17.0. The highest BCUT2D eigenvalue weighted by Gasteiger charge is 2.19. The molecular weight excluding hydrogens is 344 g/mol. The van der Waals surface area contributed by atoms with E-state index in [1.165, 1.54) is 19.1 Å². The summed E-state index contributed by atoms with van der Waals surface area (Å²) in [7, 11) is 0. The zero-order chi connectivity index (χ0) is 19.8. The van der Waals surface area contributed by atoms with Crippen LogP contribution in [0.1, 0.15) is 22.8 Å². The molecule has 2 aromatic carbocycles. The van der Waals surface area contributed by atoms with E-state index in [1.807, 2.05) is 30.3 Å². The van der Waals surface area contributed by atoms with Gasteiger partial charge in [0.2, 0.25) is 0 Å². The molecule has 0 saturated carbocycles. The number of hydrogen-bond donors (Lipinski definition) is 2. The van der Waals surface area contributed by atoms with Gasteiger partial charge in [0.1, 0.15) is 41.9 Å². The van der Waals surface area contributed by atoms with Gasteiger partial charge in [0.05, 0.1) is 5.56 Å². The first kappa shape index (κ1) is 19.1. The van der Waals surface area contributed by atoms with Crippen LogP contribution in [-0.2, 0) is 6.61 Å².